The number of hydrogen-bond donors (Lipinski definition) is 2. The third-order valence-electron chi connectivity index (χ3n) is 2.91. The average Bonchev–Trinajstić information content (AvgIpc) is 2.83. The Bertz CT molecular complexity index is 546. The van der Waals surface area contributed by atoms with Crippen LogP contribution in [-0.4, -0.2) is 35.7 Å². The summed E-state index contributed by atoms with van der Waals surface area (Å²) < 4.78 is 5.36. The monoisotopic (exact) mass is 279 g/mol. The highest BCUT2D eigenvalue weighted by atomic mass is 32.2. The fourth-order valence-corrected chi connectivity index (χ4v) is 2.62. The van der Waals surface area contributed by atoms with Crippen molar-refractivity contribution in [2.75, 3.05) is 18.6 Å². The Labute approximate surface area is 116 Å². The molecule has 1 heterocycles. The predicted octanol–water partition coefficient (Wildman–Crippen LogP) is 2.28. The Balaban J connectivity index is 2.14. The maximum atomic E-state index is 12.2. The first-order chi connectivity index (χ1) is 9.26. The Kier molecular flexibility index (Phi) is 4.87. The summed E-state index contributed by atoms with van der Waals surface area (Å²) >= 11 is 1.64. The van der Waals surface area contributed by atoms with Crippen LogP contribution in [0.2, 0.25) is 0 Å². The second kappa shape index (κ2) is 6.63. The quantitative estimate of drug-likeness (QED) is 0.851. The summed E-state index contributed by atoms with van der Waals surface area (Å²) in [6.45, 7) is 0.0671. The van der Waals surface area contributed by atoms with Gasteiger partial charge in [0.2, 0.25) is 0 Å². The number of amides is 1. The molecule has 2 N–H and O–H groups in total. The van der Waals surface area contributed by atoms with Gasteiger partial charge < -0.3 is 14.8 Å². The number of rotatable bonds is 6. The largest absolute Gasteiger partial charge is 0.463 e. The Hall–Kier alpha value is -1.46. The molecule has 0 aliphatic heterocycles. The SMILES string of the molecule is CSCC(CCO)NC(=O)c1coc2ccccc12. The van der Waals surface area contributed by atoms with Crippen LogP contribution in [0.5, 0.6) is 0 Å². The van der Waals surface area contributed by atoms with Gasteiger partial charge in [-0.2, -0.15) is 11.8 Å². The minimum absolute atomic E-state index is 0.0267. The molecule has 0 spiro atoms. The van der Waals surface area contributed by atoms with E-state index in [1.54, 1.807) is 11.8 Å². The van der Waals surface area contributed by atoms with Gasteiger partial charge in [-0.05, 0) is 18.7 Å². The molecule has 5 heteroatoms. The molecule has 19 heavy (non-hydrogen) atoms. The number of hydrogen-bond acceptors (Lipinski definition) is 4. The highest BCUT2D eigenvalue weighted by molar-refractivity contribution is 7.98. The van der Waals surface area contributed by atoms with E-state index in [1.807, 2.05) is 30.5 Å². The standard InChI is InChI=1S/C14H17NO3S/c1-19-9-10(6-7-16)15-14(17)12-8-18-13-5-3-2-4-11(12)13/h2-5,8,10,16H,6-7,9H2,1H3,(H,15,17). The van der Waals surface area contributed by atoms with Crippen molar-refractivity contribution in [3.05, 3.63) is 36.1 Å². The molecule has 1 amide bonds. The van der Waals surface area contributed by atoms with Crippen LogP contribution >= 0.6 is 11.8 Å². The summed E-state index contributed by atoms with van der Waals surface area (Å²) in [7, 11) is 0. The van der Waals surface area contributed by atoms with E-state index < -0.39 is 0 Å². The molecule has 0 aliphatic rings. The summed E-state index contributed by atoms with van der Waals surface area (Å²) in [4.78, 5) is 12.2. The zero-order valence-electron chi connectivity index (χ0n) is 10.8. The van der Waals surface area contributed by atoms with E-state index in [2.05, 4.69) is 5.32 Å². The third-order valence-corrected chi connectivity index (χ3v) is 3.64. The van der Waals surface area contributed by atoms with Gasteiger partial charge in [0.15, 0.2) is 0 Å². The van der Waals surface area contributed by atoms with E-state index in [4.69, 9.17) is 9.52 Å². The van der Waals surface area contributed by atoms with E-state index in [9.17, 15) is 4.79 Å². The number of aliphatic hydroxyl groups is 1. The fourth-order valence-electron chi connectivity index (χ4n) is 1.97. The first-order valence-corrected chi connectivity index (χ1v) is 7.52. The average molecular weight is 279 g/mol. The van der Waals surface area contributed by atoms with Crippen LogP contribution in [-0.2, 0) is 0 Å². The van der Waals surface area contributed by atoms with Crippen LogP contribution < -0.4 is 5.32 Å². The number of nitrogens with one attached hydrogen (secondary N) is 1. The van der Waals surface area contributed by atoms with Crippen molar-refractivity contribution < 1.29 is 14.3 Å². The fraction of sp³-hybridized carbons (Fsp3) is 0.357. The van der Waals surface area contributed by atoms with E-state index >= 15 is 0 Å². The number of aliphatic hydroxyl groups excluding tert-OH is 1. The maximum Gasteiger partial charge on any atom is 0.255 e. The van der Waals surface area contributed by atoms with Crippen LogP contribution in [0.4, 0.5) is 0 Å². The lowest BCUT2D eigenvalue weighted by Crippen LogP contribution is -2.37. The van der Waals surface area contributed by atoms with Crippen molar-refractivity contribution in [3.8, 4) is 0 Å². The molecule has 0 saturated heterocycles. The molecule has 0 radical (unpaired) electrons. The number of furan rings is 1. The Morgan fingerprint density at radius 3 is 3.00 bits per heavy atom. The smallest absolute Gasteiger partial charge is 0.255 e. The van der Waals surface area contributed by atoms with Gasteiger partial charge in [-0.15, -0.1) is 0 Å². The molecule has 102 valence electrons. The molecule has 4 nitrogen and oxygen atoms in total. The molecular weight excluding hydrogens is 262 g/mol. The van der Waals surface area contributed by atoms with Crippen molar-refractivity contribution in [3.63, 3.8) is 0 Å². The first kappa shape index (κ1) is 14.0. The van der Waals surface area contributed by atoms with Crippen LogP contribution in [0, 0.1) is 0 Å². The number of carbonyl (C=O) groups is 1. The summed E-state index contributed by atoms with van der Waals surface area (Å²) in [5, 5.41) is 12.7. The highest BCUT2D eigenvalue weighted by Crippen LogP contribution is 2.20. The van der Waals surface area contributed by atoms with E-state index in [-0.39, 0.29) is 18.6 Å². The summed E-state index contributed by atoms with van der Waals surface area (Å²) in [6, 6.07) is 7.42. The minimum Gasteiger partial charge on any atom is -0.463 e. The number of benzene rings is 1. The lowest BCUT2D eigenvalue weighted by atomic mass is 10.1. The highest BCUT2D eigenvalue weighted by Gasteiger charge is 2.17. The summed E-state index contributed by atoms with van der Waals surface area (Å²) in [5.74, 6) is 0.625. The lowest BCUT2D eigenvalue weighted by molar-refractivity contribution is 0.0936. The van der Waals surface area contributed by atoms with E-state index in [0.29, 0.717) is 17.6 Å². The topological polar surface area (TPSA) is 62.5 Å². The summed E-state index contributed by atoms with van der Waals surface area (Å²) in [6.07, 6.45) is 4.02. The third kappa shape index (κ3) is 3.30. The van der Waals surface area contributed by atoms with Crippen molar-refractivity contribution in [2.45, 2.75) is 12.5 Å². The van der Waals surface area contributed by atoms with Gasteiger partial charge in [-0.1, -0.05) is 18.2 Å². The first-order valence-electron chi connectivity index (χ1n) is 6.13. The molecule has 1 aromatic carbocycles. The normalized spacial score (nSPS) is 12.5. The molecule has 1 unspecified atom stereocenters. The van der Waals surface area contributed by atoms with E-state index in [1.165, 1.54) is 6.26 Å². The number of thioether (sulfide) groups is 1. The predicted molar refractivity (Wildman–Crippen MR) is 77.6 cm³/mol. The second-order valence-electron chi connectivity index (χ2n) is 4.28. The van der Waals surface area contributed by atoms with Crippen LogP contribution in [0.25, 0.3) is 11.0 Å². The zero-order valence-corrected chi connectivity index (χ0v) is 11.6. The molecule has 0 fully saturated rings. The van der Waals surface area contributed by atoms with Gasteiger partial charge in [-0.25, -0.2) is 0 Å². The number of fused-ring (bicyclic) bond motifs is 1. The number of para-hydroxylation sites is 1. The zero-order chi connectivity index (χ0) is 13.7. The van der Waals surface area contributed by atoms with Crippen LogP contribution in [0.3, 0.4) is 0 Å². The molecule has 1 aromatic heterocycles. The molecule has 0 aliphatic carbocycles. The van der Waals surface area contributed by atoms with Crippen molar-refractivity contribution in [2.24, 2.45) is 0 Å². The molecular formula is C14H17NO3S. The number of carbonyl (C=O) groups excluding carboxylic acids is 1. The van der Waals surface area contributed by atoms with E-state index in [0.717, 1.165) is 11.1 Å². The molecule has 1 atom stereocenters. The van der Waals surface area contributed by atoms with Gasteiger partial charge in [0.25, 0.3) is 5.91 Å². The van der Waals surface area contributed by atoms with Gasteiger partial charge in [0.05, 0.1) is 5.56 Å². The lowest BCUT2D eigenvalue weighted by Gasteiger charge is -2.16. The molecule has 2 aromatic rings. The molecule has 2 rings (SSSR count). The van der Waals surface area contributed by atoms with Crippen LogP contribution in [0.1, 0.15) is 16.8 Å². The Morgan fingerprint density at radius 1 is 1.47 bits per heavy atom. The van der Waals surface area contributed by atoms with Gasteiger partial charge in [-0.3, -0.25) is 4.79 Å². The molecule has 0 bridgehead atoms. The van der Waals surface area contributed by atoms with Gasteiger partial charge in [0, 0.05) is 23.8 Å². The van der Waals surface area contributed by atoms with Crippen molar-refractivity contribution >= 4 is 28.6 Å². The molecule has 0 saturated carbocycles. The maximum absolute atomic E-state index is 12.2. The van der Waals surface area contributed by atoms with Gasteiger partial charge in [0.1, 0.15) is 11.8 Å². The Morgan fingerprint density at radius 2 is 2.26 bits per heavy atom. The van der Waals surface area contributed by atoms with Crippen molar-refractivity contribution in [1.82, 2.24) is 5.32 Å². The van der Waals surface area contributed by atoms with Crippen LogP contribution in [0.15, 0.2) is 34.9 Å². The summed E-state index contributed by atoms with van der Waals surface area (Å²) in [5.41, 5.74) is 1.25. The van der Waals surface area contributed by atoms with Gasteiger partial charge >= 0.3 is 0 Å². The second-order valence-corrected chi connectivity index (χ2v) is 5.19. The van der Waals surface area contributed by atoms with Crippen molar-refractivity contribution in [1.29, 1.82) is 0 Å². The minimum atomic E-state index is -0.155.